The zero-order chi connectivity index (χ0) is 13.9. The maximum atomic E-state index is 12.4. The standard InChI is InChI=1S/C8H12F6N2S/c1-16(3-2-7(9,10)11)4-5(6(15)17)8(12,13)14/h5H,2-4H2,1H3,(H2,15,17). The second kappa shape index (κ2) is 5.85. The number of nitrogens with zero attached hydrogens (tertiary/aromatic N) is 1. The van der Waals surface area contributed by atoms with Crippen molar-refractivity contribution >= 4 is 17.2 Å². The third-order valence-corrected chi connectivity index (χ3v) is 2.29. The number of halogens is 6. The molecule has 0 rings (SSSR count). The topological polar surface area (TPSA) is 29.3 Å². The Hall–Kier alpha value is -0.570. The van der Waals surface area contributed by atoms with E-state index in [0.717, 1.165) is 11.9 Å². The van der Waals surface area contributed by atoms with E-state index in [-0.39, 0.29) is 0 Å². The van der Waals surface area contributed by atoms with E-state index in [4.69, 9.17) is 5.73 Å². The molecule has 0 aliphatic rings. The fourth-order valence-electron chi connectivity index (χ4n) is 1.08. The molecular formula is C8H12F6N2S. The minimum absolute atomic E-state index is 0.529. The summed E-state index contributed by atoms with van der Waals surface area (Å²) in [6.45, 7) is -1.20. The van der Waals surface area contributed by atoms with Crippen molar-refractivity contribution in [2.45, 2.75) is 18.8 Å². The summed E-state index contributed by atoms with van der Waals surface area (Å²) in [7, 11) is 1.16. The van der Waals surface area contributed by atoms with Gasteiger partial charge >= 0.3 is 12.4 Å². The molecule has 17 heavy (non-hydrogen) atoms. The summed E-state index contributed by atoms with van der Waals surface area (Å²) < 4.78 is 72.7. The number of hydrogen-bond donors (Lipinski definition) is 1. The molecule has 0 amide bonds. The molecule has 2 nitrogen and oxygen atoms in total. The van der Waals surface area contributed by atoms with Crippen LogP contribution in [0.25, 0.3) is 0 Å². The van der Waals surface area contributed by atoms with Crippen molar-refractivity contribution in [3.8, 4) is 0 Å². The van der Waals surface area contributed by atoms with Crippen LogP contribution in [0.5, 0.6) is 0 Å². The molecule has 0 aliphatic carbocycles. The van der Waals surface area contributed by atoms with Gasteiger partial charge in [0.25, 0.3) is 0 Å². The molecule has 0 saturated carbocycles. The first-order valence-electron chi connectivity index (χ1n) is 4.55. The molecule has 0 aliphatic heterocycles. The van der Waals surface area contributed by atoms with Gasteiger partial charge in [0, 0.05) is 13.1 Å². The normalized spacial score (nSPS) is 15.1. The smallest absolute Gasteiger partial charge is 0.393 e. The Kier molecular flexibility index (Phi) is 5.66. The molecule has 9 heteroatoms. The van der Waals surface area contributed by atoms with Crippen molar-refractivity contribution in [2.24, 2.45) is 11.7 Å². The minimum atomic E-state index is -4.64. The van der Waals surface area contributed by atoms with Crippen molar-refractivity contribution in [3.05, 3.63) is 0 Å². The van der Waals surface area contributed by atoms with Crippen LogP contribution in [0.2, 0.25) is 0 Å². The van der Waals surface area contributed by atoms with E-state index < -0.39 is 42.8 Å². The molecule has 0 fully saturated rings. The Balaban J connectivity index is 4.34. The Morgan fingerprint density at radius 1 is 1.24 bits per heavy atom. The fourth-order valence-corrected chi connectivity index (χ4v) is 1.28. The molecule has 0 saturated heterocycles. The Bertz CT molecular complexity index is 262. The van der Waals surface area contributed by atoms with Crippen molar-refractivity contribution in [1.82, 2.24) is 4.90 Å². The van der Waals surface area contributed by atoms with Crippen LogP contribution in [0.3, 0.4) is 0 Å². The molecule has 102 valence electrons. The molecule has 0 heterocycles. The molecular weight excluding hydrogens is 270 g/mol. The Morgan fingerprint density at radius 3 is 2.00 bits per heavy atom. The monoisotopic (exact) mass is 282 g/mol. The van der Waals surface area contributed by atoms with E-state index in [1.807, 2.05) is 0 Å². The molecule has 1 unspecified atom stereocenters. The first-order chi connectivity index (χ1) is 7.43. The van der Waals surface area contributed by atoms with Gasteiger partial charge < -0.3 is 10.6 Å². The third-order valence-electron chi connectivity index (χ3n) is 2.01. The van der Waals surface area contributed by atoms with Gasteiger partial charge in [0.05, 0.1) is 11.4 Å². The van der Waals surface area contributed by atoms with Gasteiger partial charge in [0.1, 0.15) is 5.92 Å². The summed E-state index contributed by atoms with van der Waals surface area (Å²) in [6.07, 6.45) is -10.2. The molecule has 2 N–H and O–H groups in total. The number of thiocarbonyl (C=S) groups is 1. The molecule has 0 bridgehead atoms. The number of hydrogen-bond acceptors (Lipinski definition) is 2. The number of nitrogens with two attached hydrogens (primary N) is 1. The van der Waals surface area contributed by atoms with E-state index in [9.17, 15) is 26.3 Å². The highest BCUT2D eigenvalue weighted by Crippen LogP contribution is 2.27. The predicted octanol–water partition coefficient (Wildman–Crippen LogP) is 2.34. The van der Waals surface area contributed by atoms with Crippen LogP contribution in [-0.2, 0) is 0 Å². The molecule has 0 aromatic rings. The Morgan fingerprint density at radius 2 is 1.71 bits per heavy atom. The van der Waals surface area contributed by atoms with Gasteiger partial charge in [-0.15, -0.1) is 0 Å². The minimum Gasteiger partial charge on any atom is -0.393 e. The number of rotatable bonds is 5. The van der Waals surface area contributed by atoms with Crippen LogP contribution in [0, 0.1) is 5.92 Å². The summed E-state index contributed by atoms with van der Waals surface area (Å²) in [5, 5.41) is 0. The molecule has 1 atom stereocenters. The fraction of sp³-hybridized carbons (Fsp3) is 0.875. The van der Waals surface area contributed by atoms with Crippen LogP contribution >= 0.6 is 12.2 Å². The van der Waals surface area contributed by atoms with Gasteiger partial charge in [-0.05, 0) is 7.05 Å². The van der Waals surface area contributed by atoms with Crippen molar-refractivity contribution in [1.29, 1.82) is 0 Å². The van der Waals surface area contributed by atoms with E-state index in [2.05, 4.69) is 12.2 Å². The van der Waals surface area contributed by atoms with E-state index in [1.54, 1.807) is 0 Å². The lowest BCUT2D eigenvalue weighted by Crippen LogP contribution is -2.43. The summed E-state index contributed by atoms with van der Waals surface area (Å²) >= 11 is 4.25. The van der Waals surface area contributed by atoms with Gasteiger partial charge in [-0.2, -0.15) is 26.3 Å². The van der Waals surface area contributed by atoms with Crippen LogP contribution in [0.1, 0.15) is 6.42 Å². The van der Waals surface area contributed by atoms with Gasteiger partial charge in [0.2, 0.25) is 0 Å². The van der Waals surface area contributed by atoms with Crippen LogP contribution in [-0.4, -0.2) is 42.4 Å². The van der Waals surface area contributed by atoms with Crippen molar-refractivity contribution < 1.29 is 26.3 Å². The Labute approximate surface area is 99.7 Å². The molecule has 0 aromatic carbocycles. The van der Waals surface area contributed by atoms with Crippen molar-refractivity contribution in [3.63, 3.8) is 0 Å². The average Bonchev–Trinajstić information content (AvgIpc) is 2.07. The maximum Gasteiger partial charge on any atom is 0.399 e. The lowest BCUT2D eigenvalue weighted by Gasteiger charge is -2.25. The highest BCUT2D eigenvalue weighted by molar-refractivity contribution is 7.80. The second-order valence-corrected chi connectivity index (χ2v) is 4.10. The summed E-state index contributed by atoms with van der Waals surface area (Å²) in [4.78, 5) is 0.140. The van der Waals surface area contributed by atoms with Crippen LogP contribution in [0.15, 0.2) is 0 Å². The van der Waals surface area contributed by atoms with Gasteiger partial charge in [-0.25, -0.2) is 0 Å². The zero-order valence-electron chi connectivity index (χ0n) is 8.90. The van der Waals surface area contributed by atoms with E-state index >= 15 is 0 Å². The molecule has 0 radical (unpaired) electrons. The highest BCUT2D eigenvalue weighted by Gasteiger charge is 2.42. The summed E-state index contributed by atoms with van der Waals surface area (Å²) in [6, 6.07) is 0. The van der Waals surface area contributed by atoms with E-state index in [0.29, 0.717) is 0 Å². The van der Waals surface area contributed by atoms with Crippen LogP contribution in [0.4, 0.5) is 26.3 Å². The maximum absolute atomic E-state index is 12.4. The number of alkyl halides is 6. The van der Waals surface area contributed by atoms with Gasteiger partial charge in [-0.1, -0.05) is 12.2 Å². The predicted molar refractivity (Wildman–Crippen MR) is 54.5 cm³/mol. The van der Waals surface area contributed by atoms with E-state index in [1.165, 1.54) is 0 Å². The SMILES string of the molecule is CN(CCC(F)(F)F)CC(C(N)=S)C(F)(F)F. The highest BCUT2D eigenvalue weighted by atomic mass is 32.1. The van der Waals surface area contributed by atoms with Gasteiger partial charge in [0.15, 0.2) is 0 Å². The first kappa shape index (κ1) is 16.4. The summed E-state index contributed by atoms with van der Waals surface area (Å²) in [5.74, 6) is -2.09. The first-order valence-corrected chi connectivity index (χ1v) is 4.95. The van der Waals surface area contributed by atoms with Gasteiger partial charge in [-0.3, -0.25) is 0 Å². The molecule has 0 aromatic heterocycles. The molecule has 0 spiro atoms. The zero-order valence-corrected chi connectivity index (χ0v) is 9.72. The lowest BCUT2D eigenvalue weighted by atomic mass is 10.1. The summed E-state index contributed by atoms with van der Waals surface area (Å²) in [5.41, 5.74) is 4.92. The largest absolute Gasteiger partial charge is 0.399 e. The third kappa shape index (κ3) is 7.37. The van der Waals surface area contributed by atoms with Crippen LogP contribution < -0.4 is 5.73 Å². The van der Waals surface area contributed by atoms with Crippen molar-refractivity contribution in [2.75, 3.05) is 20.1 Å². The second-order valence-electron chi connectivity index (χ2n) is 3.62. The quantitative estimate of drug-likeness (QED) is 0.620. The average molecular weight is 282 g/mol. The lowest BCUT2D eigenvalue weighted by molar-refractivity contribution is -0.161.